The number of hydrogen-bond acceptors (Lipinski definition) is 3. The van der Waals surface area contributed by atoms with Gasteiger partial charge in [-0.1, -0.05) is 0 Å². The molecular weight excluding hydrogens is 198 g/mol. The summed E-state index contributed by atoms with van der Waals surface area (Å²) in [6, 6.07) is 0. The number of carbonyl (C=O) groups excluding carboxylic acids is 1. The van der Waals surface area contributed by atoms with Crippen LogP contribution in [0.3, 0.4) is 0 Å². The lowest BCUT2D eigenvalue weighted by Crippen LogP contribution is -2.56. The zero-order valence-electron chi connectivity index (χ0n) is 8.40. The third kappa shape index (κ3) is 1.84. The summed E-state index contributed by atoms with van der Waals surface area (Å²) in [7, 11) is 0. The molecule has 2 saturated carbocycles. The predicted molar refractivity (Wildman–Crippen MR) is 51.0 cm³/mol. The largest absolute Gasteiger partial charge is 0.481 e. The second kappa shape index (κ2) is 3.48. The Labute approximate surface area is 87.5 Å². The average molecular weight is 213 g/mol. The van der Waals surface area contributed by atoms with Crippen LogP contribution in [0.4, 0.5) is 0 Å². The van der Waals surface area contributed by atoms with Crippen LogP contribution in [0.5, 0.6) is 0 Å². The van der Waals surface area contributed by atoms with Crippen LogP contribution in [-0.2, 0) is 9.59 Å². The van der Waals surface area contributed by atoms with Crippen LogP contribution >= 0.6 is 0 Å². The predicted octanol–water partition coefficient (Wildman–Crippen LogP) is -0.262. The molecule has 0 radical (unpaired) electrons. The quantitative estimate of drug-likeness (QED) is 0.600. The van der Waals surface area contributed by atoms with E-state index < -0.39 is 17.4 Å². The second-order valence-corrected chi connectivity index (χ2v) is 4.57. The normalized spacial score (nSPS) is 31.5. The Balaban J connectivity index is 1.86. The van der Waals surface area contributed by atoms with Gasteiger partial charge in [0.25, 0.3) is 0 Å². The van der Waals surface area contributed by atoms with Crippen molar-refractivity contribution in [3.8, 4) is 0 Å². The molecule has 84 valence electrons. The molecule has 3 N–H and O–H groups in total. The van der Waals surface area contributed by atoms with E-state index in [1.54, 1.807) is 0 Å². The summed E-state index contributed by atoms with van der Waals surface area (Å²) in [6.45, 7) is -0.0524. The maximum atomic E-state index is 11.6. The average Bonchev–Trinajstić information content (AvgIpc) is 2.90. The lowest BCUT2D eigenvalue weighted by molar-refractivity contribution is -0.140. The highest BCUT2D eigenvalue weighted by atomic mass is 16.4. The summed E-state index contributed by atoms with van der Waals surface area (Å²) >= 11 is 0. The van der Waals surface area contributed by atoms with Crippen molar-refractivity contribution >= 4 is 11.9 Å². The van der Waals surface area contributed by atoms with E-state index in [0.29, 0.717) is 6.42 Å². The zero-order chi connectivity index (χ0) is 11.1. The highest BCUT2D eigenvalue weighted by Crippen LogP contribution is 2.40. The first-order valence-electron chi connectivity index (χ1n) is 5.24. The Morgan fingerprint density at radius 1 is 1.33 bits per heavy atom. The minimum absolute atomic E-state index is 0.0524. The second-order valence-electron chi connectivity index (χ2n) is 4.57. The number of aliphatic hydroxyl groups is 1. The molecule has 2 unspecified atom stereocenters. The first-order valence-corrected chi connectivity index (χ1v) is 5.24. The van der Waals surface area contributed by atoms with E-state index in [9.17, 15) is 9.59 Å². The van der Waals surface area contributed by atoms with Crippen molar-refractivity contribution in [2.75, 3.05) is 6.61 Å². The van der Waals surface area contributed by atoms with E-state index in [-0.39, 0.29) is 18.4 Å². The van der Waals surface area contributed by atoms with E-state index in [0.717, 1.165) is 19.3 Å². The molecular formula is C10H15NO4. The molecule has 0 spiro atoms. The van der Waals surface area contributed by atoms with Crippen molar-refractivity contribution < 1.29 is 19.8 Å². The van der Waals surface area contributed by atoms with Gasteiger partial charge in [0, 0.05) is 0 Å². The van der Waals surface area contributed by atoms with Gasteiger partial charge in [-0.15, -0.1) is 0 Å². The van der Waals surface area contributed by atoms with Gasteiger partial charge in [-0.05, 0) is 25.7 Å². The molecule has 0 aliphatic heterocycles. The van der Waals surface area contributed by atoms with Crippen LogP contribution in [0.15, 0.2) is 0 Å². The number of hydrogen-bond donors (Lipinski definition) is 3. The SMILES string of the molecule is O=C(O)C1CC1C(=O)NC1(CO)CCC1. The molecule has 0 bridgehead atoms. The van der Waals surface area contributed by atoms with Crippen LogP contribution < -0.4 is 5.32 Å². The number of aliphatic carboxylic acids is 1. The molecule has 2 aliphatic carbocycles. The molecule has 0 aromatic carbocycles. The Kier molecular flexibility index (Phi) is 2.42. The minimum Gasteiger partial charge on any atom is -0.481 e. The van der Waals surface area contributed by atoms with Gasteiger partial charge in [-0.3, -0.25) is 9.59 Å². The number of nitrogens with one attached hydrogen (secondary N) is 1. The summed E-state index contributed by atoms with van der Waals surface area (Å²) in [6.07, 6.45) is 3.02. The summed E-state index contributed by atoms with van der Waals surface area (Å²) < 4.78 is 0. The van der Waals surface area contributed by atoms with Crippen LogP contribution in [0.25, 0.3) is 0 Å². The molecule has 1 amide bonds. The minimum atomic E-state index is -0.901. The smallest absolute Gasteiger partial charge is 0.307 e. The number of aliphatic hydroxyl groups excluding tert-OH is 1. The van der Waals surface area contributed by atoms with Crippen LogP contribution in [-0.4, -0.2) is 34.2 Å². The van der Waals surface area contributed by atoms with Crippen molar-refractivity contribution in [3.63, 3.8) is 0 Å². The molecule has 0 aromatic heterocycles. The Bertz CT molecular complexity index is 292. The molecule has 5 heteroatoms. The summed E-state index contributed by atoms with van der Waals surface area (Å²) in [5, 5.41) is 20.6. The summed E-state index contributed by atoms with van der Waals surface area (Å²) in [5.74, 6) is -2.01. The zero-order valence-corrected chi connectivity index (χ0v) is 8.40. The highest BCUT2D eigenvalue weighted by molar-refractivity contribution is 5.89. The molecule has 2 atom stereocenters. The maximum absolute atomic E-state index is 11.6. The van der Waals surface area contributed by atoms with E-state index >= 15 is 0 Å². The van der Waals surface area contributed by atoms with Gasteiger partial charge < -0.3 is 15.5 Å². The highest BCUT2D eigenvalue weighted by Gasteiger charge is 2.50. The van der Waals surface area contributed by atoms with Crippen LogP contribution in [0.1, 0.15) is 25.7 Å². The number of carbonyl (C=O) groups is 2. The van der Waals surface area contributed by atoms with Crippen molar-refractivity contribution in [2.45, 2.75) is 31.2 Å². The van der Waals surface area contributed by atoms with Crippen molar-refractivity contribution in [2.24, 2.45) is 11.8 Å². The third-order valence-electron chi connectivity index (χ3n) is 3.45. The van der Waals surface area contributed by atoms with Gasteiger partial charge in [-0.25, -0.2) is 0 Å². The van der Waals surface area contributed by atoms with E-state index in [1.807, 2.05) is 0 Å². The molecule has 0 heterocycles. The Hall–Kier alpha value is -1.10. The first-order chi connectivity index (χ1) is 7.08. The van der Waals surface area contributed by atoms with E-state index in [1.165, 1.54) is 0 Å². The molecule has 2 aliphatic rings. The lowest BCUT2D eigenvalue weighted by atomic mass is 9.77. The molecule has 2 rings (SSSR count). The summed E-state index contributed by atoms with van der Waals surface area (Å²) in [4.78, 5) is 22.2. The topological polar surface area (TPSA) is 86.6 Å². The van der Waals surface area contributed by atoms with Gasteiger partial charge >= 0.3 is 5.97 Å². The number of carboxylic acid groups (broad SMARTS) is 1. The van der Waals surface area contributed by atoms with Crippen LogP contribution in [0, 0.1) is 11.8 Å². The van der Waals surface area contributed by atoms with Crippen molar-refractivity contribution in [1.82, 2.24) is 5.32 Å². The van der Waals surface area contributed by atoms with Gasteiger partial charge in [0.15, 0.2) is 0 Å². The van der Waals surface area contributed by atoms with E-state index in [4.69, 9.17) is 10.2 Å². The lowest BCUT2D eigenvalue weighted by Gasteiger charge is -2.41. The fourth-order valence-electron chi connectivity index (χ4n) is 2.04. The van der Waals surface area contributed by atoms with Crippen molar-refractivity contribution in [1.29, 1.82) is 0 Å². The number of carboxylic acids is 1. The molecule has 15 heavy (non-hydrogen) atoms. The number of rotatable bonds is 4. The fraction of sp³-hybridized carbons (Fsp3) is 0.800. The number of amides is 1. The van der Waals surface area contributed by atoms with Gasteiger partial charge in [0.1, 0.15) is 0 Å². The fourth-order valence-corrected chi connectivity index (χ4v) is 2.04. The molecule has 5 nitrogen and oxygen atoms in total. The monoisotopic (exact) mass is 213 g/mol. The third-order valence-corrected chi connectivity index (χ3v) is 3.45. The standard InChI is InChI=1S/C10H15NO4/c12-5-10(2-1-3-10)11-8(13)6-4-7(6)9(14)15/h6-7,12H,1-5H2,(H,11,13)(H,14,15). The first kappa shape index (κ1) is 10.4. The van der Waals surface area contributed by atoms with Gasteiger partial charge in [-0.2, -0.15) is 0 Å². The molecule has 2 fully saturated rings. The van der Waals surface area contributed by atoms with Crippen LogP contribution in [0.2, 0.25) is 0 Å². The molecule has 0 saturated heterocycles. The Morgan fingerprint density at radius 2 is 2.00 bits per heavy atom. The maximum Gasteiger partial charge on any atom is 0.307 e. The van der Waals surface area contributed by atoms with Gasteiger partial charge in [0.05, 0.1) is 24.0 Å². The summed E-state index contributed by atoms with van der Waals surface area (Å²) in [5.41, 5.74) is -0.456. The Morgan fingerprint density at radius 3 is 2.33 bits per heavy atom. The molecule has 0 aromatic rings. The van der Waals surface area contributed by atoms with Gasteiger partial charge in [0.2, 0.25) is 5.91 Å². The van der Waals surface area contributed by atoms with Crippen molar-refractivity contribution in [3.05, 3.63) is 0 Å². The van der Waals surface area contributed by atoms with E-state index in [2.05, 4.69) is 5.32 Å².